The Morgan fingerprint density at radius 2 is 1.53 bits per heavy atom. The van der Waals surface area contributed by atoms with Gasteiger partial charge in [0.2, 0.25) is 0 Å². The Morgan fingerprint density at radius 1 is 1.07 bits per heavy atom. The zero-order valence-corrected chi connectivity index (χ0v) is 7.48. The fraction of sp³-hybridized carbons (Fsp3) is 0.333. The second-order valence-electron chi connectivity index (χ2n) is 3.03. The Hall–Kier alpha value is -1.17. The Labute approximate surface area is 82.7 Å². The van der Waals surface area contributed by atoms with Crippen LogP contribution in [0.1, 0.15) is 11.5 Å². The highest BCUT2D eigenvalue weighted by Crippen LogP contribution is 2.34. The van der Waals surface area contributed by atoms with Crippen molar-refractivity contribution in [1.82, 2.24) is 0 Å². The van der Waals surface area contributed by atoms with Crippen LogP contribution in [0.2, 0.25) is 0 Å². The molecular weight excluding hydrogens is 217 g/mol. The molecule has 15 heavy (non-hydrogen) atoms. The lowest BCUT2D eigenvalue weighted by atomic mass is 9.98. The average Bonchev–Trinajstić information content (AvgIpc) is 1.99. The summed E-state index contributed by atoms with van der Waals surface area (Å²) in [5, 5.41) is 0. The predicted molar refractivity (Wildman–Crippen MR) is 44.2 cm³/mol. The summed E-state index contributed by atoms with van der Waals surface area (Å²) in [5.41, 5.74) is 4.43. The first-order valence-corrected chi connectivity index (χ1v) is 4.07. The molecule has 0 amide bonds. The average molecular weight is 225 g/mol. The molecule has 0 bridgehead atoms. The molecule has 0 aromatic heterocycles. The molecule has 6 heteroatoms. The highest BCUT2D eigenvalue weighted by atomic mass is 19.4. The van der Waals surface area contributed by atoms with Crippen molar-refractivity contribution in [2.24, 2.45) is 5.73 Å². The molecule has 0 fully saturated rings. The Balaban J connectivity index is 3.13. The van der Waals surface area contributed by atoms with Gasteiger partial charge in [-0.1, -0.05) is 0 Å². The summed E-state index contributed by atoms with van der Waals surface area (Å²) in [6, 6.07) is 1.77. The molecule has 0 radical (unpaired) electrons. The van der Waals surface area contributed by atoms with Gasteiger partial charge in [0.1, 0.15) is 11.6 Å². The molecule has 0 heterocycles. The van der Waals surface area contributed by atoms with Crippen molar-refractivity contribution in [2.45, 2.75) is 12.1 Å². The monoisotopic (exact) mass is 225 g/mol. The topological polar surface area (TPSA) is 26.0 Å². The van der Waals surface area contributed by atoms with Crippen molar-refractivity contribution in [2.75, 3.05) is 6.54 Å². The van der Waals surface area contributed by atoms with Crippen LogP contribution in [0.3, 0.4) is 0 Å². The zero-order valence-electron chi connectivity index (χ0n) is 7.48. The number of hydrogen-bond acceptors (Lipinski definition) is 1. The number of halogens is 5. The minimum atomic E-state index is -4.60. The van der Waals surface area contributed by atoms with Crippen LogP contribution < -0.4 is 5.73 Å². The van der Waals surface area contributed by atoms with Crippen molar-refractivity contribution < 1.29 is 22.0 Å². The van der Waals surface area contributed by atoms with E-state index in [2.05, 4.69) is 0 Å². The van der Waals surface area contributed by atoms with Gasteiger partial charge in [0.05, 0.1) is 5.92 Å². The fourth-order valence-corrected chi connectivity index (χ4v) is 1.24. The zero-order chi connectivity index (χ0) is 11.6. The molecule has 84 valence electrons. The van der Waals surface area contributed by atoms with Crippen LogP contribution in [0.4, 0.5) is 22.0 Å². The molecule has 0 unspecified atom stereocenters. The SMILES string of the molecule is NC[C@@H](c1cc(F)cc(F)c1)C(F)(F)F. The van der Waals surface area contributed by atoms with Crippen molar-refractivity contribution in [3.8, 4) is 0 Å². The molecule has 1 aromatic carbocycles. The van der Waals surface area contributed by atoms with E-state index in [0.717, 1.165) is 0 Å². The van der Waals surface area contributed by atoms with E-state index in [-0.39, 0.29) is 0 Å². The summed E-state index contributed by atoms with van der Waals surface area (Å²) in [4.78, 5) is 0. The van der Waals surface area contributed by atoms with E-state index in [1.54, 1.807) is 0 Å². The van der Waals surface area contributed by atoms with E-state index in [4.69, 9.17) is 5.73 Å². The van der Waals surface area contributed by atoms with Gasteiger partial charge in [0, 0.05) is 12.6 Å². The minimum Gasteiger partial charge on any atom is -0.330 e. The highest BCUT2D eigenvalue weighted by molar-refractivity contribution is 5.23. The number of benzene rings is 1. The van der Waals surface area contributed by atoms with Crippen LogP contribution >= 0.6 is 0 Å². The van der Waals surface area contributed by atoms with Crippen LogP contribution in [-0.2, 0) is 0 Å². The molecule has 0 saturated carbocycles. The van der Waals surface area contributed by atoms with Crippen LogP contribution in [0.5, 0.6) is 0 Å². The van der Waals surface area contributed by atoms with Gasteiger partial charge in [0.25, 0.3) is 0 Å². The Kier molecular flexibility index (Phi) is 3.28. The number of nitrogens with two attached hydrogens (primary N) is 1. The number of hydrogen-bond donors (Lipinski definition) is 1. The lowest BCUT2D eigenvalue weighted by Crippen LogP contribution is -2.28. The molecule has 0 aliphatic rings. The van der Waals surface area contributed by atoms with E-state index in [1.807, 2.05) is 0 Å². The van der Waals surface area contributed by atoms with E-state index in [9.17, 15) is 22.0 Å². The molecule has 0 aliphatic heterocycles. The van der Waals surface area contributed by atoms with Crippen LogP contribution in [-0.4, -0.2) is 12.7 Å². The third kappa shape index (κ3) is 2.89. The first kappa shape index (κ1) is 11.9. The van der Waals surface area contributed by atoms with E-state index in [0.29, 0.717) is 18.2 Å². The van der Waals surface area contributed by atoms with Crippen LogP contribution in [0.15, 0.2) is 18.2 Å². The molecule has 0 saturated heterocycles. The van der Waals surface area contributed by atoms with Crippen LogP contribution in [0, 0.1) is 11.6 Å². The summed E-state index contributed by atoms with van der Waals surface area (Å²) in [5.74, 6) is -4.14. The maximum Gasteiger partial charge on any atom is 0.396 e. The summed E-state index contributed by atoms with van der Waals surface area (Å²) in [6.45, 7) is -0.744. The Morgan fingerprint density at radius 3 is 1.87 bits per heavy atom. The molecule has 0 spiro atoms. The molecule has 1 aromatic rings. The normalized spacial score (nSPS) is 14.0. The maximum atomic E-state index is 12.7. The third-order valence-corrected chi connectivity index (χ3v) is 1.92. The van der Waals surface area contributed by atoms with Gasteiger partial charge >= 0.3 is 6.18 Å². The number of rotatable bonds is 2. The largest absolute Gasteiger partial charge is 0.396 e. The molecule has 2 N–H and O–H groups in total. The van der Waals surface area contributed by atoms with Crippen molar-refractivity contribution in [3.05, 3.63) is 35.4 Å². The minimum absolute atomic E-state index is 0.498. The third-order valence-electron chi connectivity index (χ3n) is 1.92. The molecular formula is C9H8F5N. The summed E-state index contributed by atoms with van der Waals surface area (Å²) >= 11 is 0. The molecule has 1 rings (SSSR count). The summed E-state index contributed by atoms with van der Waals surface area (Å²) in [7, 11) is 0. The smallest absolute Gasteiger partial charge is 0.330 e. The second kappa shape index (κ2) is 4.14. The van der Waals surface area contributed by atoms with Gasteiger partial charge in [-0.15, -0.1) is 0 Å². The summed E-state index contributed by atoms with van der Waals surface area (Å²) in [6.07, 6.45) is -4.60. The molecule has 1 nitrogen and oxygen atoms in total. The van der Waals surface area contributed by atoms with Gasteiger partial charge < -0.3 is 5.73 Å². The van der Waals surface area contributed by atoms with Crippen molar-refractivity contribution in [1.29, 1.82) is 0 Å². The first-order valence-electron chi connectivity index (χ1n) is 4.07. The van der Waals surface area contributed by atoms with E-state index < -0.39 is 35.8 Å². The van der Waals surface area contributed by atoms with Gasteiger partial charge in [-0.05, 0) is 17.7 Å². The van der Waals surface area contributed by atoms with Gasteiger partial charge in [0.15, 0.2) is 0 Å². The highest BCUT2D eigenvalue weighted by Gasteiger charge is 2.39. The summed E-state index contributed by atoms with van der Waals surface area (Å²) < 4.78 is 62.4. The lowest BCUT2D eigenvalue weighted by molar-refractivity contribution is -0.148. The molecule has 1 atom stereocenters. The second-order valence-corrected chi connectivity index (χ2v) is 3.03. The van der Waals surface area contributed by atoms with Crippen molar-refractivity contribution in [3.63, 3.8) is 0 Å². The lowest BCUT2D eigenvalue weighted by Gasteiger charge is -2.18. The van der Waals surface area contributed by atoms with E-state index >= 15 is 0 Å². The predicted octanol–water partition coefficient (Wildman–Crippen LogP) is 2.57. The fourth-order valence-electron chi connectivity index (χ4n) is 1.24. The van der Waals surface area contributed by atoms with Gasteiger partial charge in [-0.2, -0.15) is 13.2 Å². The van der Waals surface area contributed by atoms with Gasteiger partial charge in [-0.25, -0.2) is 8.78 Å². The van der Waals surface area contributed by atoms with E-state index in [1.165, 1.54) is 0 Å². The van der Waals surface area contributed by atoms with Crippen LogP contribution in [0.25, 0.3) is 0 Å². The quantitative estimate of drug-likeness (QED) is 0.769. The number of alkyl halides is 3. The Bertz CT molecular complexity index is 327. The standard InChI is InChI=1S/C9H8F5N/c10-6-1-5(2-7(11)3-6)8(4-15)9(12,13)14/h1-3,8H,4,15H2/t8-/m0/s1. The first-order chi connectivity index (χ1) is 6.84. The van der Waals surface area contributed by atoms with Gasteiger partial charge in [-0.3, -0.25) is 0 Å². The molecule has 0 aliphatic carbocycles. The van der Waals surface area contributed by atoms with Crippen molar-refractivity contribution >= 4 is 0 Å². The maximum absolute atomic E-state index is 12.7.